The number of hydrogen-bond donors (Lipinski definition) is 1. The van der Waals surface area contributed by atoms with Crippen molar-refractivity contribution in [1.29, 1.82) is 0 Å². The molecule has 0 spiro atoms. The van der Waals surface area contributed by atoms with Crippen molar-refractivity contribution in [2.24, 2.45) is 0 Å². The number of fused-ring (bicyclic) bond motifs is 1. The maximum atomic E-state index is 13.0. The van der Waals surface area contributed by atoms with Gasteiger partial charge in [-0.05, 0) is 74.0 Å². The van der Waals surface area contributed by atoms with Gasteiger partial charge in [0.05, 0.1) is 10.6 Å². The van der Waals surface area contributed by atoms with E-state index < -0.39 is 10.0 Å². The third kappa shape index (κ3) is 4.26. The molecule has 5 heteroatoms. The molecule has 0 unspecified atom stereocenters. The first-order valence-electron chi connectivity index (χ1n) is 10.5. The standard InChI is InChI=1S/C23H30N2O2S/c1-25(21-11-3-2-4-12-21)17-20-8-5-6-13-23(20)24-28(26,27)22-15-14-18-9-7-10-19(18)16-22/h5-6,8,13-16,21,24H,2-4,7,9-12,17H2,1H3. The molecule has 2 aliphatic rings. The van der Waals surface area contributed by atoms with Gasteiger partial charge in [0.2, 0.25) is 0 Å². The molecule has 0 amide bonds. The highest BCUT2D eigenvalue weighted by atomic mass is 32.2. The third-order valence-corrected chi connectivity index (χ3v) is 7.62. The van der Waals surface area contributed by atoms with Gasteiger partial charge in [0.1, 0.15) is 0 Å². The lowest BCUT2D eigenvalue weighted by molar-refractivity contribution is 0.185. The van der Waals surface area contributed by atoms with Gasteiger partial charge >= 0.3 is 0 Å². The fourth-order valence-electron chi connectivity index (χ4n) is 4.60. The molecule has 1 fully saturated rings. The van der Waals surface area contributed by atoms with E-state index in [-0.39, 0.29) is 0 Å². The summed E-state index contributed by atoms with van der Waals surface area (Å²) in [5.74, 6) is 0. The summed E-state index contributed by atoms with van der Waals surface area (Å²) in [6.07, 6.45) is 9.53. The highest BCUT2D eigenvalue weighted by Crippen LogP contribution is 2.28. The van der Waals surface area contributed by atoms with E-state index in [2.05, 4.69) is 16.7 Å². The first-order valence-corrected chi connectivity index (χ1v) is 11.9. The van der Waals surface area contributed by atoms with Gasteiger partial charge < -0.3 is 0 Å². The van der Waals surface area contributed by atoms with Crippen LogP contribution in [0, 0.1) is 0 Å². The molecule has 4 nitrogen and oxygen atoms in total. The number of nitrogens with zero attached hydrogens (tertiary/aromatic N) is 1. The molecule has 0 saturated heterocycles. The van der Waals surface area contributed by atoms with Gasteiger partial charge in [0, 0.05) is 12.6 Å². The minimum absolute atomic E-state index is 0.364. The number of para-hydroxylation sites is 1. The van der Waals surface area contributed by atoms with Crippen LogP contribution in [0.15, 0.2) is 47.4 Å². The minimum atomic E-state index is -3.59. The summed E-state index contributed by atoms with van der Waals surface area (Å²) in [6, 6.07) is 13.9. The van der Waals surface area contributed by atoms with Gasteiger partial charge in [-0.3, -0.25) is 9.62 Å². The summed E-state index contributed by atoms with van der Waals surface area (Å²) in [5.41, 5.74) is 4.17. The highest BCUT2D eigenvalue weighted by Gasteiger charge is 2.22. The summed E-state index contributed by atoms with van der Waals surface area (Å²) in [4.78, 5) is 2.74. The van der Waals surface area contributed by atoms with E-state index in [4.69, 9.17) is 0 Å². The molecule has 0 aromatic heterocycles. The van der Waals surface area contributed by atoms with Crippen LogP contribution in [-0.4, -0.2) is 26.4 Å². The molecule has 0 radical (unpaired) electrons. The van der Waals surface area contributed by atoms with Crippen LogP contribution in [-0.2, 0) is 29.4 Å². The Balaban J connectivity index is 1.53. The normalized spacial score (nSPS) is 17.6. The van der Waals surface area contributed by atoms with Gasteiger partial charge in [0.25, 0.3) is 10.0 Å². The Morgan fingerprint density at radius 3 is 2.54 bits per heavy atom. The second kappa shape index (κ2) is 8.26. The number of anilines is 1. The summed E-state index contributed by atoms with van der Waals surface area (Å²) >= 11 is 0. The van der Waals surface area contributed by atoms with E-state index in [0.717, 1.165) is 31.4 Å². The Bertz CT molecular complexity index is 933. The van der Waals surface area contributed by atoms with E-state index in [0.29, 0.717) is 16.6 Å². The molecule has 28 heavy (non-hydrogen) atoms. The Hall–Kier alpha value is -1.85. The van der Waals surface area contributed by atoms with Gasteiger partial charge in [-0.2, -0.15) is 0 Å². The smallest absolute Gasteiger partial charge is 0.261 e. The van der Waals surface area contributed by atoms with Crippen molar-refractivity contribution in [2.45, 2.75) is 68.8 Å². The molecule has 0 heterocycles. The molecule has 0 aliphatic heterocycles. The second-order valence-corrected chi connectivity index (χ2v) is 9.94. The van der Waals surface area contributed by atoms with Crippen molar-refractivity contribution in [2.75, 3.05) is 11.8 Å². The predicted octanol–water partition coefficient (Wildman–Crippen LogP) is 4.74. The van der Waals surface area contributed by atoms with Crippen LogP contribution in [0.25, 0.3) is 0 Å². The quantitative estimate of drug-likeness (QED) is 0.764. The van der Waals surface area contributed by atoms with E-state index >= 15 is 0 Å². The average Bonchev–Trinajstić information content (AvgIpc) is 3.18. The molecular weight excluding hydrogens is 368 g/mol. The molecular formula is C23H30N2O2S. The second-order valence-electron chi connectivity index (χ2n) is 8.25. The summed E-state index contributed by atoms with van der Waals surface area (Å²) in [6.45, 7) is 0.757. The number of benzene rings is 2. The first-order chi connectivity index (χ1) is 13.5. The van der Waals surface area contributed by atoms with Crippen molar-refractivity contribution < 1.29 is 8.42 Å². The fourth-order valence-corrected chi connectivity index (χ4v) is 5.75. The van der Waals surface area contributed by atoms with Crippen molar-refractivity contribution in [3.05, 3.63) is 59.2 Å². The van der Waals surface area contributed by atoms with Crippen LogP contribution in [0.5, 0.6) is 0 Å². The maximum absolute atomic E-state index is 13.0. The van der Waals surface area contributed by atoms with E-state index in [1.54, 1.807) is 6.07 Å². The summed E-state index contributed by atoms with van der Waals surface area (Å²) < 4.78 is 28.9. The van der Waals surface area contributed by atoms with Crippen LogP contribution in [0.1, 0.15) is 55.2 Å². The molecule has 2 aliphatic carbocycles. The SMILES string of the molecule is CN(Cc1ccccc1NS(=O)(=O)c1ccc2c(c1)CCC2)C1CCCCC1. The molecule has 4 rings (SSSR count). The topological polar surface area (TPSA) is 49.4 Å². The number of nitrogens with one attached hydrogen (secondary N) is 1. The Morgan fingerprint density at radius 2 is 1.71 bits per heavy atom. The van der Waals surface area contributed by atoms with Crippen molar-refractivity contribution in [3.63, 3.8) is 0 Å². The van der Waals surface area contributed by atoms with Crippen molar-refractivity contribution in [3.8, 4) is 0 Å². The van der Waals surface area contributed by atoms with Gasteiger partial charge in [-0.1, -0.05) is 43.5 Å². The summed E-state index contributed by atoms with van der Waals surface area (Å²) in [5, 5.41) is 0. The number of hydrogen-bond acceptors (Lipinski definition) is 3. The largest absolute Gasteiger partial charge is 0.299 e. The molecule has 0 bridgehead atoms. The maximum Gasteiger partial charge on any atom is 0.261 e. The third-order valence-electron chi connectivity index (χ3n) is 6.26. The highest BCUT2D eigenvalue weighted by molar-refractivity contribution is 7.92. The Morgan fingerprint density at radius 1 is 0.964 bits per heavy atom. The van der Waals surface area contributed by atoms with Gasteiger partial charge in [0.15, 0.2) is 0 Å². The lowest BCUT2D eigenvalue weighted by Crippen LogP contribution is -2.33. The van der Waals surface area contributed by atoms with Crippen LogP contribution >= 0.6 is 0 Å². The Kier molecular flexibility index (Phi) is 5.74. The van der Waals surface area contributed by atoms with Gasteiger partial charge in [-0.25, -0.2) is 8.42 Å². The number of aryl methyl sites for hydroxylation is 2. The lowest BCUT2D eigenvalue weighted by atomic mass is 9.94. The molecule has 2 aromatic carbocycles. The molecule has 150 valence electrons. The first kappa shape index (κ1) is 19.5. The van der Waals surface area contributed by atoms with Crippen molar-refractivity contribution >= 4 is 15.7 Å². The van der Waals surface area contributed by atoms with E-state index in [1.165, 1.54) is 43.2 Å². The monoisotopic (exact) mass is 398 g/mol. The van der Waals surface area contributed by atoms with E-state index in [9.17, 15) is 8.42 Å². The minimum Gasteiger partial charge on any atom is -0.299 e. The zero-order valence-corrected chi connectivity index (χ0v) is 17.5. The average molecular weight is 399 g/mol. The molecule has 1 saturated carbocycles. The predicted molar refractivity (Wildman–Crippen MR) is 114 cm³/mol. The van der Waals surface area contributed by atoms with Gasteiger partial charge in [-0.15, -0.1) is 0 Å². The number of rotatable bonds is 6. The number of sulfonamides is 1. The Labute approximate surface area is 169 Å². The molecule has 1 N–H and O–H groups in total. The summed E-state index contributed by atoms with van der Waals surface area (Å²) in [7, 11) is -1.43. The fraction of sp³-hybridized carbons (Fsp3) is 0.478. The molecule has 0 atom stereocenters. The van der Waals surface area contributed by atoms with Crippen LogP contribution < -0.4 is 4.72 Å². The lowest BCUT2D eigenvalue weighted by Gasteiger charge is -2.31. The van der Waals surface area contributed by atoms with Crippen molar-refractivity contribution in [1.82, 2.24) is 4.90 Å². The van der Waals surface area contributed by atoms with Crippen LogP contribution in [0.4, 0.5) is 5.69 Å². The van der Waals surface area contributed by atoms with Crippen LogP contribution in [0.3, 0.4) is 0 Å². The zero-order chi connectivity index (χ0) is 19.6. The zero-order valence-electron chi connectivity index (χ0n) is 16.7. The van der Waals surface area contributed by atoms with E-state index in [1.807, 2.05) is 36.4 Å². The molecule has 2 aromatic rings. The van der Waals surface area contributed by atoms with Crippen LogP contribution in [0.2, 0.25) is 0 Å².